The third-order valence-corrected chi connectivity index (χ3v) is 8.25. The van der Waals surface area contributed by atoms with Crippen LogP contribution in [-0.2, 0) is 27.4 Å². The van der Waals surface area contributed by atoms with Crippen LogP contribution < -0.4 is 5.32 Å². The lowest BCUT2D eigenvalue weighted by Gasteiger charge is -2.34. The largest absolute Gasteiger partial charge is 0.463 e. The van der Waals surface area contributed by atoms with Crippen molar-refractivity contribution in [2.75, 3.05) is 19.7 Å². The average Bonchev–Trinajstić information content (AvgIpc) is 3.01. The number of hydrogen-bond acceptors (Lipinski definition) is 5. The number of nitrogens with one attached hydrogen (secondary N) is 1. The van der Waals surface area contributed by atoms with Crippen LogP contribution in [0, 0.1) is 0 Å². The Balaban J connectivity index is 1.21. The quantitative estimate of drug-likeness (QED) is 0.350. The van der Waals surface area contributed by atoms with Crippen molar-refractivity contribution in [1.29, 1.82) is 0 Å². The zero-order valence-corrected chi connectivity index (χ0v) is 24.4. The number of esters is 1. The third kappa shape index (κ3) is 6.97. The van der Waals surface area contributed by atoms with Crippen LogP contribution in [0.15, 0.2) is 96.2 Å². The van der Waals surface area contributed by atoms with Gasteiger partial charge in [-0.05, 0) is 55.5 Å². The summed E-state index contributed by atoms with van der Waals surface area (Å²) in [5, 5.41) is 3.20. The first-order chi connectivity index (χ1) is 20.4. The molecule has 1 fully saturated rings. The van der Waals surface area contributed by atoms with E-state index >= 15 is 0 Å². The van der Waals surface area contributed by atoms with Gasteiger partial charge in [-0.2, -0.15) is 0 Å². The highest BCUT2D eigenvalue weighted by Crippen LogP contribution is 2.37. The summed E-state index contributed by atoms with van der Waals surface area (Å²) in [5.74, 6) is -0.858. The average molecular weight is 566 g/mol. The molecule has 2 amide bonds. The Morgan fingerprint density at radius 2 is 1.48 bits per heavy atom. The maximum Gasteiger partial charge on any atom is 0.336 e. The number of allylic oxidation sites excluding steroid dienone is 1. The van der Waals surface area contributed by atoms with E-state index in [2.05, 4.69) is 34.5 Å². The molecule has 1 N–H and O–H groups in total. The SMILES string of the molecule is CCOC(=O)C1=C(C)N(Cc2ccc(C(=O)NC3CCN(Cc4ccccc4)CC3)cc2)C(=O)CC1c1ccccc1. The molecule has 1 saturated heterocycles. The summed E-state index contributed by atoms with van der Waals surface area (Å²) in [6, 6.07) is 27.6. The monoisotopic (exact) mass is 565 g/mol. The van der Waals surface area contributed by atoms with Crippen LogP contribution in [-0.4, -0.2) is 53.3 Å². The molecule has 0 radical (unpaired) electrons. The van der Waals surface area contributed by atoms with E-state index in [1.807, 2.05) is 67.6 Å². The molecule has 3 aromatic carbocycles. The van der Waals surface area contributed by atoms with Crippen molar-refractivity contribution in [3.8, 4) is 0 Å². The fourth-order valence-corrected chi connectivity index (χ4v) is 5.94. The van der Waals surface area contributed by atoms with Gasteiger partial charge in [0.15, 0.2) is 0 Å². The van der Waals surface area contributed by atoms with Gasteiger partial charge in [0, 0.05) is 49.3 Å². The molecule has 1 unspecified atom stereocenters. The fraction of sp³-hybridized carbons (Fsp3) is 0.343. The van der Waals surface area contributed by atoms with Crippen LogP contribution in [0.4, 0.5) is 0 Å². The van der Waals surface area contributed by atoms with Crippen LogP contribution in [0.3, 0.4) is 0 Å². The molecule has 2 aliphatic rings. The number of piperidine rings is 1. The van der Waals surface area contributed by atoms with Crippen molar-refractivity contribution in [2.24, 2.45) is 0 Å². The second-order valence-electron chi connectivity index (χ2n) is 11.1. The smallest absolute Gasteiger partial charge is 0.336 e. The van der Waals surface area contributed by atoms with Crippen molar-refractivity contribution in [3.63, 3.8) is 0 Å². The molecule has 0 bridgehead atoms. The van der Waals surface area contributed by atoms with Crippen molar-refractivity contribution < 1.29 is 19.1 Å². The molecule has 5 rings (SSSR count). The number of likely N-dealkylation sites (tertiary alicyclic amines) is 1. The molecule has 3 aromatic rings. The Morgan fingerprint density at radius 3 is 2.12 bits per heavy atom. The van der Waals surface area contributed by atoms with E-state index in [9.17, 15) is 14.4 Å². The van der Waals surface area contributed by atoms with Crippen LogP contribution in [0.5, 0.6) is 0 Å². The third-order valence-electron chi connectivity index (χ3n) is 8.25. The molecule has 0 spiro atoms. The summed E-state index contributed by atoms with van der Waals surface area (Å²) in [6.07, 6.45) is 2.04. The van der Waals surface area contributed by atoms with Gasteiger partial charge in [0.05, 0.1) is 18.7 Å². The van der Waals surface area contributed by atoms with Crippen LogP contribution in [0.25, 0.3) is 0 Å². The van der Waals surface area contributed by atoms with E-state index in [1.54, 1.807) is 11.8 Å². The van der Waals surface area contributed by atoms with Crippen molar-refractivity contribution in [1.82, 2.24) is 15.1 Å². The molecule has 218 valence electrons. The Kier molecular flexibility index (Phi) is 9.49. The highest BCUT2D eigenvalue weighted by Gasteiger charge is 2.36. The number of carbonyl (C=O) groups is 3. The Labute approximate surface area is 248 Å². The van der Waals surface area contributed by atoms with Gasteiger partial charge in [-0.1, -0.05) is 72.8 Å². The van der Waals surface area contributed by atoms with Gasteiger partial charge in [0.1, 0.15) is 0 Å². The van der Waals surface area contributed by atoms with E-state index in [0.717, 1.165) is 43.6 Å². The van der Waals surface area contributed by atoms with Crippen molar-refractivity contribution in [3.05, 3.63) is 118 Å². The molecule has 2 heterocycles. The second-order valence-corrected chi connectivity index (χ2v) is 11.1. The predicted molar refractivity (Wildman–Crippen MR) is 162 cm³/mol. The lowest BCUT2D eigenvalue weighted by molar-refractivity contribution is -0.140. The Morgan fingerprint density at radius 1 is 0.857 bits per heavy atom. The summed E-state index contributed by atoms with van der Waals surface area (Å²) < 4.78 is 5.39. The second kappa shape index (κ2) is 13.6. The molecule has 0 aliphatic carbocycles. The topological polar surface area (TPSA) is 79.0 Å². The maximum atomic E-state index is 13.3. The lowest BCUT2D eigenvalue weighted by Crippen LogP contribution is -2.44. The first-order valence-electron chi connectivity index (χ1n) is 14.8. The van der Waals surface area contributed by atoms with Gasteiger partial charge < -0.3 is 15.0 Å². The lowest BCUT2D eigenvalue weighted by atomic mass is 9.83. The minimum atomic E-state index is -0.390. The summed E-state index contributed by atoms with van der Waals surface area (Å²) in [5.41, 5.74) is 4.84. The number of amides is 2. The van der Waals surface area contributed by atoms with Gasteiger partial charge in [-0.3, -0.25) is 14.5 Å². The molecule has 42 heavy (non-hydrogen) atoms. The van der Waals surface area contributed by atoms with Crippen LogP contribution in [0.2, 0.25) is 0 Å². The summed E-state index contributed by atoms with van der Waals surface area (Å²) >= 11 is 0. The fourth-order valence-electron chi connectivity index (χ4n) is 5.94. The first kappa shape index (κ1) is 29.3. The van der Waals surface area contributed by atoms with Gasteiger partial charge in [-0.25, -0.2) is 4.79 Å². The normalized spacial score (nSPS) is 18.2. The number of hydrogen-bond donors (Lipinski definition) is 1. The zero-order chi connectivity index (χ0) is 29.5. The summed E-state index contributed by atoms with van der Waals surface area (Å²) in [7, 11) is 0. The van der Waals surface area contributed by atoms with Crippen LogP contribution >= 0.6 is 0 Å². The van der Waals surface area contributed by atoms with Crippen molar-refractivity contribution >= 4 is 17.8 Å². The first-order valence-corrected chi connectivity index (χ1v) is 14.8. The predicted octanol–water partition coefficient (Wildman–Crippen LogP) is 5.43. The maximum absolute atomic E-state index is 13.3. The number of nitrogens with zero attached hydrogens (tertiary/aromatic N) is 2. The number of benzene rings is 3. The van der Waals surface area contributed by atoms with Gasteiger partial charge in [0.25, 0.3) is 5.91 Å². The molecule has 7 nitrogen and oxygen atoms in total. The molecule has 2 aliphatic heterocycles. The molecule has 0 saturated carbocycles. The number of rotatable bonds is 9. The Bertz CT molecular complexity index is 1410. The minimum absolute atomic E-state index is 0.0465. The van der Waals surface area contributed by atoms with Crippen LogP contribution in [0.1, 0.15) is 66.1 Å². The highest BCUT2D eigenvalue weighted by molar-refractivity contribution is 5.96. The summed E-state index contributed by atoms with van der Waals surface area (Å²) in [6.45, 7) is 7.02. The molecule has 1 atom stereocenters. The van der Waals surface area contributed by atoms with Gasteiger partial charge in [-0.15, -0.1) is 0 Å². The van der Waals surface area contributed by atoms with Gasteiger partial charge >= 0.3 is 5.97 Å². The standard InChI is InChI=1S/C35H39N3O4/c1-3-42-35(41)33-25(2)38(32(39)22-31(33)28-12-8-5-9-13-28)24-27-14-16-29(17-15-27)34(40)36-30-18-20-37(21-19-30)23-26-10-6-4-7-11-26/h4-17,30-31H,3,18-24H2,1-2H3,(H,36,40). The number of ether oxygens (including phenoxy) is 1. The molecular formula is C35H39N3O4. The summed E-state index contributed by atoms with van der Waals surface area (Å²) in [4.78, 5) is 43.4. The Hall–Kier alpha value is -4.23. The van der Waals surface area contributed by atoms with Gasteiger partial charge in [0.2, 0.25) is 5.91 Å². The minimum Gasteiger partial charge on any atom is -0.463 e. The number of carbonyl (C=O) groups excluding carboxylic acids is 3. The van der Waals surface area contributed by atoms with E-state index in [4.69, 9.17) is 4.74 Å². The highest BCUT2D eigenvalue weighted by atomic mass is 16.5. The van der Waals surface area contributed by atoms with Crippen molar-refractivity contribution in [2.45, 2.75) is 58.2 Å². The molecule has 0 aromatic heterocycles. The zero-order valence-electron chi connectivity index (χ0n) is 24.4. The van der Waals surface area contributed by atoms with E-state index in [0.29, 0.717) is 23.4 Å². The molecular weight excluding hydrogens is 526 g/mol. The van der Waals surface area contributed by atoms with E-state index < -0.39 is 0 Å². The molecule has 7 heteroatoms. The van der Waals surface area contributed by atoms with E-state index in [-0.39, 0.29) is 42.8 Å². The van der Waals surface area contributed by atoms with E-state index in [1.165, 1.54) is 5.56 Å².